The number of anilines is 1. The van der Waals surface area contributed by atoms with E-state index in [-0.39, 0.29) is 41.5 Å². The number of carboxylic acids is 1. The number of amidine groups is 1. The summed E-state index contributed by atoms with van der Waals surface area (Å²) in [5.74, 6) is -3.07. The number of hydroxylamine groups is 2. The van der Waals surface area contributed by atoms with Gasteiger partial charge in [-0.3, -0.25) is 19.1 Å². The van der Waals surface area contributed by atoms with Crippen molar-refractivity contribution in [2.45, 2.75) is 37.6 Å². The fourth-order valence-electron chi connectivity index (χ4n) is 3.65. The van der Waals surface area contributed by atoms with E-state index in [1.165, 1.54) is 31.4 Å². The van der Waals surface area contributed by atoms with Crippen LogP contribution in [0.15, 0.2) is 39.8 Å². The van der Waals surface area contributed by atoms with Crippen LogP contribution in [0, 0.1) is 0 Å². The zero-order chi connectivity index (χ0) is 32.8. The Morgan fingerprint density at radius 2 is 1.86 bits per heavy atom. The average Bonchev–Trinajstić information content (AvgIpc) is 3.39. The summed E-state index contributed by atoms with van der Waals surface area (Å²) in [5.41, 5.74) is 21.3. The maximum absolute atomic E-state index is 13.1. The van der Waals surface area contributed by atoms with Gasteiger partial charge in [0, 0.05) is 24.0 Å². The van der Waals surface area contributed by atoms with Crippen molar-refractivity contribution in [3.8, 4) is 5.75 Å². The normalized spacial score (nSPS) is 17.6. The van der Waals surface area contributed by atoms with Crippen molar-refractivity contribution in [2.75, 3.05) is 25.4 Å². The van der Waals surface area contributed by atoms with Crippen LogP contribution in [0.2, 0.25) is 0 Å². The first-order valence-electron chi connectivity index (χ1n) is 12.5. The number of hydrogen-bond acceptors (Lipinski definition) is 15. The molecule has 44 heavy (non-hydrogen) atoms. The number of carboxylic acid groups (broad SMARTS) is 1. The number of rotatable bonds is 15. The maximum Gasteiger partial charge on any atom is 0.418 e. The van der Waals surface area contributed by atoms with Gasteiger partial charge in [-0.1, -0.05) is 5.16 Å². The number of carbonyl (C=O) groups excluding carboxylic acids is 2. The van der Waals surface area contributed by atoms with Gasteiger partial charge in [0.1, 0.15) is 29.9 Å². The molecule has 2 heterocycles. The van der Waals surface area contributed by atoms with Gasteiger partial charge >= 0.3 is 16.4 Å². The molecule has 0 saturated carbocycles. The van der Waals surface area contributed by atoms with Crippen LogP contribution in [0.4, 0.5) is 5.13 Å². The van der Waals surface area contributed by atoms with Crippen molar-refractivity contribution >= 4 is 56.2 Å². The number of benzene rings is 1. The van der Waals surface area contributed by atoms with Crippen LogP contribution in [-0.4, -0.2) is 101 Å². The monoisotopic (exact) mass is 657 g/mol. The van der Waals surface area contributed by atoms with E-state index in [1.54, 1.807) is 12.1 Å². The Morgan fingerprint density at radius 1 is 1.23 bits per heavy atom. The third-order valence-electron chi connectivity index (χ3n) is 6.06. The molecule has 0 unspecified atom stereocenters. The smallest absolute Gasteiger partial charge is 0.418 e. The number of ether oxygens (including phenoxy) is 1. The fraction of sp³-hybridized carbons (Fsp3) is 0.391. The second-order valence-corrected chi connectivity index (χ2v) is 11.5. The van der Waals surface area contributed by atoms with Gasteiger partial charge in [-0.15, -0.1) is 15.6 Å². The van der Waals surface area contributed by atoms with E-state index in [2.05, 4.69) is 24.7 Å². The van der Waals surface area contributed by atoms with E-state index in [0.29, 0.717) is 10.6 Å². The molecule has 1 aromatic heterocycles. The minimum atomic E-state index is -5.02. The molecular weight excluding hydrogens is 626 g/mol. The molecule has 1 aliphatic rings. The molecule has 0 spiro atoms. The largest absolute Gasteiger partial charge is 0.489 e. The fourth-order valence-corrected chi connectivity index (χ4v) is 4.65. The zero-order valence-electron chi connectivity index (χ0n) is 23.3. The number of aliphatic imine (C=N–C) groups is 1. The number of β-lactam (4-membered cyclic amide) rings is 1. The Balaban J connectivity index is 1.73. The lowest BCUT2D eigenvalue weighted by Crippen LogP contribution is -2.76. The molecular formula is C23H31N9O10S2. The number of nitrogens with zero attached hydrogens (tertiary/aromatic N) is 4. The molecule has 2 aromatic rings. The molecule has 2 atom stereocenters. The summed E-state index contributed by atoms with van der Waals surface area (Å²) in [6, 6.07) is 4.53. The first kappa shape index (κ1) is 34.1. The highest BCUT2D eigenvalue weighted by Crippen LogP contribution is 2.33. The second-order valence-electron chi connectivity index (χ2n) is 9.61. The molecule has 1 fully saturated rings. The Hall–Kier alpha value is -4.41. The summed E-state index contributed by atoms with van der Waals surface area (Å²) in [6.07, 6.45) is -1.71. The Labute approximate surface area is 254 Å². The molecule has 11 N–H and O–H groups in total. The molecule has 1 saturated heterocycles. The number of hydrogen-bond donors (Lipinski definition) is 7. The van der Waals surface area contributed by atoms with Crippen LogP contribution >= 0.6 is 11.3 Å². The van der Waals surface area contributed by atoms with E-state index in [1.807, 2.05) is 0 Å². The topological polar surface area (TPSA) is 310 Å². The quantitative estimate of drug-likeness (QED) is 0.0352. The van der Waals surface area contributed by atoms with Gasteiger partial charge in [0.15, 0.2) is 10.8 Å². The molecule has 240 valence electrons. The summed E-state index contributed by atoms with van der Waals surface area (Å²) in [6.45, 7) is 2.59. The molecule has 0 bridgehead atoms. The Morgan fingerprint density at radius 3 is 2.36 bits per heavy atom. The molecule has 3 rings (SSSR count). The van der Waals surface area contributed by atoms with E-state index < -0.39 is 58.2 Å². The van der Waals surface area contributed by atoms with Crippen molar-refractivity contribution in [1.29, 1.82) is 0 Å². The van der Waals surface area contributed by atoms with E-state index in [4.69, 9.17) is 37.1 Å². The average molecular weight is 658 g/mol. The van der Waals surface area contributed by atoms with E-state index >= 15 is 0 Å². The minimum absolute atomic E-state index is 0.0436. The SMILES string of the molecule is CC1(C)[C@H](NC(=O)/C(=N\O[C@H](COc2ccc(C(N)=NC(CN)CN)cc2)C(=O)O)c2csc(N)n2)C(=O)N1OS(=O)(=O)O. The lowest BCUT2D eigenvalue weighted by atomic mass is 9.84. The second kappa shape index (κ2) is 13.9. The number of nitrogen functional groups attached to an aromatic ring is 1. The van der Waals surface area contributed by atoms with Gasteiger partial charge < -0.3 is 42.9 Å². The number of amides is 2. The van der Waals surface area contributed by atoms with Gasteiger partial charge in [0.2, 0.25) is 0 Å². The highest BCUT2D eigenvalue weighted by atomic mass is 32.3. The van der Waals surface area contributed by atoms with E-state index in [0.717, 1.165) is 11.3 Å². The lowest BCUT2D eigenvalue weighted by molar-refractivity contribution is -0.218. The first-order valence-corrected chi connectivity index (χ1v) is 14.8. The van der Waals surface area contributed by atoms with Gasteiger partial charge in [-0.2, -0.15) is 13.5 Å². The first-order chi connectivity index (χ1) is 20.6. The maximum atomic E-state index is 13.1. The number of thiazole rings is 1. The minimum Gasteiger partial charge on any atom is -0.489 e. The van der Waals surface area contributed by atoms with Crippen LogP contribution in [-0.2, 0) is 33.9 Å². The van der Waals surface area contributed by atoms with Crippen molar-refractivity contribution in [2.24, 2.45) is 27.3 Å². The van der Waals surface area contributed by atoms with Crippen molar-refractivity contribution in [3.05, 3.63) is 40.9 Å². The summed E-state index contributed by atoms with van der Waals surface area (Å²) in [7, 11) is -5.02. The Bertz CT molecular complexity index is 1540. The third-order valence-corrected chi connectivity index (χ3v) is 7.08. The number of nitrogens with one attached hydrogen (secondary N) is 1. The zero-order valence-corrected chi connectivity index (χ0v) is 24.9. The molecule has 1 aromatic carbocycles. The lowest BCUT2D eigenvalue weighted by Gasteiger charge is -2.50. The molecule has 21 heteroatoms. The van der Waals surface area contributed by atoms with Gasteiger partial charge in [-0.25, -0.2) is 9.78 Å². The van der Waals surface area contributed by atoms with Crippen molar-refractivity contribution in [3.63, 3.8) is 0 Å². The van der Waals surface area contributed by atoms with Crippen LogP contribution in [0.3, 0.4) is 0 Å². The molecule has 2 amide bonds. The van der Waals surface area contributed by atoms with Crippen LogP contribution < -0.4 is 33.0 Å². The summed E-state index contributed by atoms with van der Waals surface area (Å²) in [5, 5.41) is 17.4. The summed E-state index contributed by atoms with van der Waals surface area (Å²) >= 11 is 0.942. The van der Waals surface area contributed by atoms with Gasteiger partial charge in [0.05, 0.1) is 11.6 Å². The number of aliphatic carboxylic acids is 1. The third kappa shape index (κ3) is 8.36. The van der Waals surface area contributed by atoms with Crippen LogP contribution in [0.25, 0.3) is 0 Å². The highest BCUT2D eigenvalue weighted by Gasteiger charge is 2.58. The molecule has 0 aliphatic carbocycles. The van der Waals surface area contributed by atoms with Gasteiger partial charge in [-0.05, 0) is 38.1 Å². The van der Waals surface area contributed by atoms with Crippen molar-refractivity contribution < 1.29 is 46.3 Å². The van der Waals surface area contributed by atoms with Crippen LogP contribution in [0.5, 0.6) is 5.75 Å². The molecule has 0 radical (unpaired) electrons. The summed E-state index contributed by atoms with van der Waals surface area (Å²) in [4.78, 5) is 50.8. The molecule has 19 nitrogen and oxygen atoms in total. The Kier molecular flexibility index (Phi) is 10.8. The highest BCUT2D eigenvalue weighted by molar-refractivity contribution is 7.80. The predicted molar refractivity (Wildman–Crippen MR) is 156 cm³/mol. The standard InChI is InChI=1S/C23H31N9O10S2/c1-23(2)17(20(34)32(23)42-44(37,38)39)30-19(33)16(14-10-43-22(27)29-14)31-41-15(21(35)36)9-40-13-5-3-11(4-6-13)18(26)28-12(7-24)8-25/h3-6,10,12,15,17H,7-9,24-25H2,1-2H3,(H2,26,28)(H2,27,29)(H,30,33)(H,35,36)(H,37,38,39)/b31-16-/t15-,17-/m1/s1. The number of oxime groups is 1. The predicted octanol–water partition coefficient (Wildman–Crippen LogP) is -2.19. The number of nitrogens with two attached hydrogens (primary N) is 4. The number of aromatic nitrogens is 1. The van der Waals surface area contributed by atoms with Crippen molar-refractivity contribution in [1.82, 2.24) is 15.4 Å². The number of carbonyl (C=O) groups is 3. The summed E-state index contributed by atoms with van der Waals surface area (Å²) < 4.78 is 40.8. The van der Waals surface area contributed by atoms with E-state index in [9.17, 15) is 27.9 Å². The van der Waals surface area contributed by atoms with Crippen LogP contribution in [0.1, 0.15) is 25.1 Å². The molecule has 1 aliphatic heterocycles. The van der Waals surface area contributed by atoms with Gasteiger partial charge in [0.25, 0.3) is 17.9 Å².